The van der Waals surface area contributed by atoms with Crippen molar-refractivity contribution < 1.29 is 36.9 Å². The van der Waals surface area contributed by atoms with Crippen LogP contribution in [0.1, 0.15) is 31.4 Å². The number of aliphatic hydroxyl groups excluding tert-OH is 1. The van der Waals surface area contributed by atoms with E-state index in [1.807, 2.05) is 44.2 Å². The molecular formula is C30H36Br2N2O8S. The molecule has 0 bridgehead atoms. The molecule has 13 heteroatoms. The van der Waals surface area contributed by atoms with E-state index in [-0.39, 0.29) is 49.1 Å². The second kappa shape index (κ2) is 14.0. The lowest BCUT2D eigenvalue weighted by atomic mass is 10.0. The second-order valence-electron chi connectivity index (χ2n) is 11.3. The molecule has 3 heterocycles. The average molecular weight is 744 g/mol. The molecule has 3 aromatic rings. The molecule has 2 saturated heterocycles. The van der Waals surface area contributed by atoms with E-state index in [0.29, 0.717) is 27.6 Å². The SMILES string of the molecule is CC(C)CN(CC(O)C(Cc1ccccc1)NC(=O)OC1COC2OCCC12)S(=O)(=O)c1ccc2oc(Br)c(CBr)c2c1. The summed E-state index contributed by atoms with van der Waals surface area (Å²) in [5.74, 6) is -0.0607. The van der Waals surface area contributed by atoms with Crippen LogP contribution in [0.3, 0.4) is 0 Å². The van der Waals surface area contributed by atoms with Crippen molar-refractivity contribution >= 4 is 58.9 Å². The first-order chi connectivity index (χ1) is 20.6. The van der Waals surface area contributed by atoms with Gasteiger partial charge in [-0.15, -0.1) is 0 Å². The number of rotatable bonds is 12. The lowest BCUT2D eigenvalue weighted by Gasteiger charge is -2.31. The summed E-state index contributed by atoms with van der Waals surface area (Å²) in [6.07, 6.45) is -1.76. The highest BCUT2D eigenvalue weighted by atomic mass is 79.9. The smallest absolute Gasteiger partial charge is 0.407 e. The van der Waals surface area contributed by atoms with E-state index in [2.05, 4.69) is 37.2 Å². The van der Waals surface area contributed by atoms with Gasteiger partial charge in [0.2, 0.25) is 10.0 Å². The van der Waals surface area contributed by atoms with E-state index >= 15 is 0 Å². The number of alkyl carbamates (subject to hydrolysis) is 1. The highest BCUT2D eigenvalue weighted by Gasteiger charge is 2.44. The molecule has 0 spiro atoms. The Morgan fingerprint density at radius 1 is 1.16 bits per heavy atom. The molecule has 10 nitrogen and oxygen atoms in total. The number of hydrogen-bond donors (Lipinski definition) is 2. The Morgan fingerprint density at radius 2 is 1.93 bits per heavy atom. The van der Waals surface area contributed by atoms with E-state index in [4.69, 9.17) is 18.6 Å². The molecule has 43 heavy (non-hydrogen) atoms. The highest BCUT2D eigenvalue weighted by molar-refractivity contribution is 9.10. The van der Waals surface area contributed by atoms with Crippen LogP contribution < -0.4 is 5.32 Å². The number of hydrogen-bond acceptors (Lipinski definition) is 8. The third-order valence-corrected chi connectivity index (χ3v) is 10.8. The quantitative estimate of drug-likeness (QED) is 0.243. The number of halogens is 2. The minimum atomic E-state index is -4.04. The number of aliphatic hydroxyl groups is 1. The van der Waals surface area contributed by atoms with Gasteiger partial charge in [-0.2, -0.15) is 4.31 Å². The molecule has 5 rings (SSSR count). The molecule has 0 saturated carbocycles. The standard InChI is InChI=1S/C30H36Br2N2O8S/c1-18(2)15-34(43(37,38)20-8-9-26-22(13-20)23(14-31)28(32)41-26)16-25(35)24(12-19-6-4-3-5-7-19)33-30(36)42-27-17-40-29-21(27)10-11-39-29/h3-9,13,18,21,24-25,27,29,35H,10-12,14-17H2,1-2H3,(H,33,36). The van der Waals surface area contributed by atoms with Crippen molar-refractivity contribution in [1.82, 2.24) is 9.62 Å². The Morgan fingerprint density at radius 3 is 2.65 bits per heavy atom. The molecule has 0 radical (unpaired) electrons. The number of carbonyl (C=O) groups is 1. The van der Waals surface area contributed by atoms with E-state index < -0.39 is 34.4 Å². The number of ether oxygens (including phenoxy) is 3. The van der Waals surface area contributed by atoms with E-state index in [0.717, 1.165) is 17.5 Å². The molecule has 1 amide bonds. The third kappa shape index (κ3) is 7.46. The monoisotopic (exact) mass is 742 g/mol. The van der Waals surface area contributed by atoms with Crippen LogP contribution in [-0.2, 0) is 36.0 Å². The van der Waals surface area contributed by atoms with Gasteiger partial charge in [0.25, 0.3) is 0 Å². The number of sulfonamides is 1. The lowest BCUT2D eigenvalue weighted by molar-refractivity contribution is -0.0907. The zero-order valence-electron chi connectivity index (χ0n) is 23.9. The predicted molar refractivity (Wildman–Crippen MR) is 167 cm³/mol. The van der Waals surface area contributed by atoms with Crippen LogP contribution in [-0.4, -0.2) is 74.8 Å². The summed E-state index contributed by atoms with van der Waals surface area (Å²) < 4.78 is 52.4. The van der Waals surface area contributed by atoms with Crippen LogP contribution >= 0.6 is 31.9 Å². The van der Waals surface area contributed by atoms with Crippen LogP contribution in [0.25, 0.3) is 11.0 Å². The van der Waals surface area contributed by atoms with Gasteiger partial charge in [-0.3, -0.25) is 0 Å². The van der Waals surface area contributed by atoms with Crippen LogP contribution in [0.2, 0.25) is 0 Å². The Labute approximate surface area is 268 Å². The van der Waals surface area contributed by atoms with E-state index in [1.54, 1.807) is 12.1 Å². The summed E-state index contributed by atoms with van der Waals surface area (Å²) in [4.78, 5) is 13.2. The zero-order valence-corrected chi connectivity index (χ0v) is 27.9. The summed E-state index contributed by atoms with van der Waals surface area (Å²) >= 11 is 6.84. The summed E-state index contributed by atoms with van der Waals surface area (Å²) in [6.45, 7) is 4.55. The minimum Gasteiger partial charge on any atom is -0.449 e. The first-order valence-corrected chi connectivity index (χ1v) is 17.6. The van der Waals surface area contributed by atoms with Crippen molar-refractivity contribution in [2.24, 2.45) is 11.8 Å². The van der Waals surface area contributed by atoms with Crippen molar-refractivity contribution in [3.05, 3.63) is 64.3 Å². The maximum Gasteiger partial charge on any atom is 0.407 e. The Balaban J connectivity index is 1.37. The Bertz CT molecular complexity index is 1520. The number of carbonyl (C=O) groups excluding carboxylic acids is 1. The third-order valence-electron chi connectivity index (χ3n) is 7.75. The normalized spacial score (nSPS) is 21.8. The molecule has 5 atom stereocenters. The molecule has 2 aliphatic rings. The van der Waals surface area contributed by atoms with Gasteiger partial charge in [0.05, 0.1) is 36.2 Å². The van der Waals surface area contributed by atoms with Gasteiger partial charge < -0.3 is 29.1 Å². The van der Waals surface area contributed by atoms with Crippen LogP contribution in [0.4, 0.5) is 4.79 Å². The molecule has 234 valence electrons. The maximum absolute atomic E-state index is 14.0. The molecule has 2 aliphatic heterocycles. The first kappa shape index (κ1) is 32.4. The summed E-state index contributed by atoms with van der Waals surface area (Å²) in [5.41, 5.74) is 2.23. The summed E-state index contributed by atoms with van der Waals surface area (Å²) in [6, 6.07) is 13.3. The fourth-order valence-electron chi connectivity index (χ4n) is 5.57. The maximum atomic E-state index is 14.0. The van der Waals surface area contributed by atoms with Gasteiger partial charge in [-0.05, 0) is 58.5 Å². The number of alkyl halides is 1. The Hall–Kier alpha value is -2.00. The molecule has 2 N–H and O–H groups in total. The van der Waals surface area contributed by atoms with Gasteiger partial charge in [0.15, 0.2) is 11.0 Å². The van der Waals surface area contributed by atoms with E-state index in [9.17, 15) is 18.3 Å². The average Bonchev–Trinajstić information content (AvgIpc) is 3.67. The largest absolute Gasteiger partial charge is 0.449 e. The summed E-state index contributed by atoms with van der Waals surface area (Å²) in [7, 11) is -4.04. The highest BCUT2D eigenvalue weighted by Crippen LogP contribution is 2.35. The number of fused-ring (bicyclic) bond motifs is 2. The molecular weight excluding hydrogens is 708 g/mol. The fourth-order valence-corrected chi connectivity index (χ4v) is 8.68. The van der Waals surface area contributed by atoms with Crippen LogP contribution in [0.15, 0.2) is 62.5 Å². The van der Waals surface area contributed by atoms with Gasteiger partial charge in [0, 0.05) is 29.4 Å². The van der Waals surface area contributed by atoms with Crippen molar-refractivity contribution in [3.63, 3.8) is 0 Å². The second-order valence-corrected chi connectivity index (χ2v) is 14.6. The van der Waals surface area contributed by atoms with Gasteiger partial charge in [-0.25, -0.2) is 13.2 Å². The van der Waals surface area contributed by atoms with Crippen LogP contribution in [0.5, 0.6) is 0 Å². The van der Waals surface area contributed by atoms with E-state index in [1.165, 1.54) is 10.4 Å². The van der Waals surface area contributed by atoms with Gasteiger partial charge >= 0.3 is 6.09 Å². The number of amides is 1. The molecule has 2 fully saturated rings. The molecule has 1 aromatic heterocycles. The molecule has 0 aliphatic carbocycles. The lowest BCUT2D eigenvalue weighted by Crippen LogP contribution is -2.51. The number of benzene rings is 2. The molecule has 5 unspecified atom stereocenters. The van der Waals surface area contributed by atoms with Gasteiger partial charge in [-0.1, -0.05) is 60.1 Å². The minimum absolute atomic E-state index is 0.0266. The van der Waals surface area contributed by atoms with Crippen molar-refractivity contribution in [3.8, 4) is 0 Å². The molecule has 2 aromatic carbocycles. The van der Waals surface area contributed by atoms with Crippen molar-refractivity contribution in [2.45, 2.75) is 61.5 Å². The zero-order chi connectivity index (χ0) is 30.7. The van der Waals surface area contributed by atoms with Gasteiger partial charge in [0.1, 0.15) is 11.7 Å². The number of furan rings is 1. The Kier molecular flexibility index (Phi) is 10.5. The topological polar surface area (TPSA) is 128 Å². The van der Waals surface area contributed by atoms with Crippen LogP contribution in [0, 0.1) is 11.8 Å². The number of nitrogens with one attached hydrogen (secondary N) is 1. The first-order valence-electron chi connectivity index (χ1n) is 14.3. The summed E-state index contributed by atoms with van der Waals surface area (Å²) in [5, 5.41) is 15.5. The van der Waals surface area contributed by atoms with Crippen molar-refractivity contribution in [2.75, 3.05) is 26.3 Å². The number of nitrogens with zero attached hydrogens (tertiary/aromatic N) is 1. The fraction of sp³-hybridized carbons (Fsp3) is 0.500. The predicted octanol–water partition coefficient (Wildman–Crippen LogP) is 5.20. The van der Waals surface area contributed by atoms with Crippen molar-refractivity contribution in [1.29, 1.82) is 0 Å².